The summed E-state index contributed by atoms with van der Waals surface area (Å²) in [5.41, 5.74) is -1.40. The predicted molar refractivity (Wildman–Crippen MR) is 49.0 cm³/mol. The van der Waals surface area contributed by atoms with Crippen molar-refractivity contribution in [2.24, 2.45) is 0 Å². The second kappa shape index (κ2) is 3.76. The van der Waals surface area contributed by atoms with E-state index in [1.54, 1.807) is 0 Å². The molecule has 1 aromatic carbocycles. The zero-order chi connectivity index (χ0) is 11.9. The highest BCUT2D eigenvalue weighted by atomic mass is 79.9. The van der Waals surface area contributed by atoms with Crippen molar-refractivity contribution >= 4 is 26.0 Å². The van der Waals surface area contributed by atoms with E-state index >= 15 is 0 Å². The van der Waals surface area contributed by atoms with Gasteiger partial charge in [-0.1, -0.05) is 6.07 Å². The van der Waals surface area contributed by atoms with Gasteiger partial charge in [-0.2, -0.15) is 21.6 Å². The average Bonchev–Trinajstić information content (AvgIpc) is 1.99. The SMILES string of the molecule is O=S(=O)(O)c1c(Br)cccc1C(F)(F)F. The Labute approximate surface area is 91.8 Å². The Balaban J connectivity index is 3.63. The monoisotopic (exact) mass is 304 g/mol. The summed E-state index contributed by atoms with van der Waals surface area (Å²) < 4.78 is 66.9. The zero-order valence-electron chi connectivity index (χ0n) is 6.92. The Hall–Kier alpha value is -0.600. The molecule has 0 aromatic heterocycles. The van der Waals surface area contributed by atoms with Crippen LogP contribution >= 0.6 is 15.9 Å². The molecule has 0 radical (unpaired) electrons. The van der Waals surface area contributed by atoms with Gasteiger partial charge in [-0.3, -0.25) is 4.55 Å². The smallest absolute Gasteiger partial charge is 0.282 e. The summed E-state index contributed by atoms with van der Waals surface area (Å²) in [5, 5.41) is 0. The normalized spacial score (nSPS) is 12.9. The van der Waals surface area contributed by atoms with Crippen molar-refractivity contribution in [1.82, 2.24) is 0 Å². The predicted octanol–water partition coefficient (Wildman–Crippen LogP) is 2.71. The molecule has 1 N–H and O–H groups in total. The first-order valence-corrected chi connectivity index (χ1v) is 5.70. The highest BCUT2D eigenvalue weighted by molar-refractivity contribution is 9.10. The van der Waals surface area contributed by atoms with Crippen molar-refractivity contribution in [2.75, 3.05) is 0 Å². The summed E-state index contributed by atoms with van der Waals surface area (Å²) in [6.07, 6.45) is -4.84. The van der Waals surface area contributed by atoms with E-state index in [2.05, 4.69) is 15.9 Å². The topological polar surface area (TPSA) is 54.4 Å². The number of rotatable bonds is 1. The Bertz CT molecular complexity index is 481. The molecule has 0 fully saturated rings. The van der Waals surface area contributed by atoms with Crippen molar-refractivity contribution < 1.29 is 26.1 Å². The molecule has 0 amide bonds. The molecule has 0 aliphatic carbocycles. The summed E-state index contributed by atoms with van der Waals surface area (Å²) in [5.74, 6) is 0. The Morgan fingerprint density at radius 3 is 2.13 bits per heavy atom. The molecular weight excluding hydrogens is 301 g/mol. The summed E-state index contributed by atoms with van der Waals surface area (Å²) in [6, 6.07) is 2.70. The minimum atomic E-state index is -4.91. The number of hydrogen-bond acceptors (Lipinski definition) is 2. The lowest BCUT2D eigenvalue weighted by atomic mass is 10.2. The molecule has 0 aliphatic rings. The Kier molecular flexibility index (Phi) is 3.13. The molecule has 0 unspecified atom stereocenters. The van der Waals surface area contributed by atoms with Crippen LogP contribution in [0.2, 0.25) is 0 Å². The first-order chi connectivity index (χ1) is 6.64. The van der Waals surface area contributed by atoms with Crippen LogP contribution in [-0.4, -0.2) is 13.0 Å². The van der Waals surface area contributed by atoms with Crippen molar-refractivity contribution in [3.63, 3.8) is 0 Å². The van der Waals surface area contributed by atoms with Crippen LogP contribution in [0.25, 0.3) is 0 Å². The van der Waals surface area contributed by atoms with Crippen molar-refractivity contribution in [1.29, 1.82) is 0 Å². The standard InChI is InChI=1S/C7H4BrF3O3S/c8-5-3-1-2-4(7(9,10)11)6(5)15(12,13)14/h1-3H,(H,12,13,14). The van der Waals surface area contributed by atoms with Crippen LogP contribution in [0.5, 0.6) is 0 Å². The second-order valence-electron chi connectivity index (χ2n) is 2.59. The number of hydrogen-bond donors (Lipinski definition) is 1. The lowest BCUT2D eigenvalue weighted by Crippen LogP contribution is -2.13. The third-order valence-electron chi connectivity index (χ3n) is 1.53. The highest BCUT2D eigenvalue weighted by Crippen LogP contribution is 2.37. The molecule has 8 heteroatoms. The second-order valence-corrected chi connectivity index (χ2v) is 4.80. The zero-order valence-corrected chi connectivity index (χ0v) is 9.32. The van der Waals surface area contributed by atoms with Gasteiger partial charge in [0.15, 0.2) is 0 Å². The molecule has 84 valence electrons. The lowest BCUT2D eigenvalue weighted by molar-refractivity contribution is -0.140. The molecule has 1 aromatic rings. The number of benzene rings is 1. The van der Waals surface area contributed by atoms with Crippen LogP contribution in [0.4, 0.5) is 13.2 Å². The van der Waals surface area contributed by atoms with Gasteiger partial charge in [0.1, 0.15) is 4.90 Å². The first-order valence-electron chi connectivity index (χ1n) is 3.47. The van der Waals surface area contributed by atoms with Crippen molar-refractivity contribution in [2.45, 2.75) is 11.1 Å². The number of alkyl halides is 3. The van der Waals surface area contributed by atoms with E-state index < -0.39 is 26.8 Å². The molecule has 0 atom stereocenters. The fraction of sp³-hybridized carbons (Fsp3) is 0.143. The summed E-state index contributed by atoms with van der Waals surface area (Å²) in [6.45, 7) is 0. The molecule has 1 rings (SSSR count). The average molecular weight is 305 g/mol. The van der Waals surface area contributed by atoms with Crippen LogP contribution in [0.1, 0.15) is 5.56 Å². The summed E-state index contributed by atoms with van der Waals surface area (Å²) >= 11 is 2.64. The third-order valence-corrected chi connectivity index (χ3v) is 3.41. The van der Waals surface area contributed by atoms with Gasteiger partial charge >= 0.3 is 6.18 Å². The highest BCUT2D eigenvalue weighted by Gasteiger charge is 2.37. The molecule has 3 nitrogen and oxygen atoms in total. The van der Waals surface area contributed by atoms with Gasteiger partial charge in [-0.05, 0) is 28.1 Å². The first kappa shape index (κ1) is 12.5. The van der Waals surface area contributed by atoms with Gasteiger partial charge in [0.25, 0.3) is 10.1 Å². The van der Waals surface area contributed by atoms with Gasteiger partial charge in [-0.25, -0.2) is 0 Å². The molecule has 0 saturated carbocycles. The maximum absolute atomic E-state index is 12.4. The summed E-state index contributed by atoms with van der Waals surface area (Å²) in [7, 11) is -4.91. The fourth-order valence-electron chi connectivity index (χ4n) is 0.994. The molecule has 0 spiro atoms. The lowest BCUT2D eigenvalue weighted by Gasteiger charge is -2.11. The molecule has 0 aliphatic heterocycles. The maximum atomic E-state index is 12.4. The minimum Gasteiger partial charge on any atom is -0.282 e. The van der Waals surface area contributed by atoms with E-state index in [0.717, 1.165) is 12.1 Å². The van der Waals surface area contributed by atoms with Crippen LogP contribution < -0.4 is 0 Å². The van der Waals surface area contributed by atoms with E-state index in [1.807, 2.05) is 0 Å². The largest absolute Gasteiger partial charge is 0.417 e. The van der Waals surface area contributed by atoms with E-state index in [0.29, 0.717) is 6.07 Å². The van der Waals surface area contributed by atoms with Crippen molar-refractivity contribution in [3.8, 4) is 0 Å². The fourth-order valence-corrected chi connectivity index (χ4v) is 2.75. The van der Waals surface area contributed by atoms with E-state index in [1.165, 1.54) is 0 Å². The van der Waals surface area contributed by atoms with Gasteiger partial charge in [-0.15, -0.1) is 0 Å². The number of halogens is 4. The molecular formula is C7H4BrF3O3S. The van der Waals surface area contributed by atoms with Crippen LogP contribution in [0.3, 0.4) is 0 Å². The molecule has 0 bridgehead atoms. The van der Waals surface area contributed by atoms with E-state index in [9.17, 15) is 21.6 Å². The van der Waals surface area contributed by atoms with Gasteiger partial charge in [0.05, 0.1) is 5.56 Å². The molecule has 0 saturated heterocycles. The maximum Gasteiger partial charge on any atom is 0.417 e. The van der Waals surface area contributed by atoms with Gasteiger partial charge in [0.2, 0.25) is 0 Å². The van der Waals surface area contributed by atoms with Gasteiger partial charge < -0.3 is 0 Å². The quantitative estimate of drug-likeness (QED) is 0.812. The van der Waals surface area contributed by atoms with E-state index in [-0.39, 0.29) is 4.47 Å². The minimum absolute atomic E-state index is 0.333. The molecule has 15 heavy (non-hydrogen) atoms. The molecule has 0 heterocycles. The van der Waals surface area contributed by atoms with Crippen LogP contribution in [0.15, 0.2) is 27.6 Å². The van der Waals surface area contributed by atoms with Crippen LogP contribution in [-0.2, 0) is 16.3 Å². The van der Waals surface area contributed by atoms with Gasteiger partial charge in [0, 0.05) is 4.47 Å². The van der Waals surface area contributed by atoms with E-state index in [4.69, 9.17) is 4.55 Å². The third kappa shape index (κ3) is 2.70. The Morgan fingerprint density at radius 1 is 1.27 bits per heavy atom. The van der Waals surface area contributed by atoms with Crippen LogP contribution in [0, 0.1) is 0 Å². The summed E-state index contributed by atoms with van der Waals surface area (Å²) in [4.78, 5) is -1.17. The van der Waals surface area contributed by atoms with Crippen molar-refractivity contribution in [3.05, 3.63) is 28.2 Å². The Morgan fingerprint density at radius 2 is 1.80 bits per heavy atom.